The molecule has 26 heavy (non-hydrogen) atoms. The maximum absolute atomic E-state index is 13.2. The van der Waals surface area contributed by atoms with Gasteiger partial charge in [-0.05, 0) is 42.0 Å². The van der Waals surface area contributed by atoms with Crippen LogP contribution in [0.5, 0.6) is 0 Å². The number of nitrogens with zero attached hydrogens (tertiary/aromatic N) is 4. The van der Waals surface area contributed by atoms with Crippen LogP contribution in [0.2, 0.25) is 5.02 Å². The Morgan fingerprint density at radius 1 is 1.04 bits per heavy atom. The van der Waals surface area contributed by atoms with Crippen LogP contribution >= 0.6 is 11.6 Å². The van der Waals surface area contributed by atoms with Crippen molar-refractivity contribution in [2.24, 2.45) is 0 Å². The molecule has 2 aromatic carbocycles. The van der Waals surface area contributed by atoms with Crippen LogP contribution in [0, 0.1) is 5.82 Å². The molecule has 1 aliphatic heterocycles. The maximum atomic E-state index is 13.2. The van der Waals surface area contributed by atoms with Gasteiger partial charge in [-0.2, -0.15) is 0 Å². The standard InChI is InChI=1S/C18H14ClFN4O2/c19-13-3-1-2-12(10-13)11-24-17(26)16(25)23-9-8-22(18(23)21-24)15-6-4-14(20)5-7-15/h1-7,10H,8-9,11H2. The molecule has 132 valence electrons. The molecule has 0 N–H and O–H groups in total. The number of rotatable bonds is 3. The third-order valence-electron chi connectivity index (χ3n) is 4.26. The predicted molar refractivity (Wildman–Crippen MR) is 96.7 cm³/mol. The smallest absolute Gasteiger partial charge is 0.309 e. The van der Waals surface area contributed by atoms with Gasteiger partial charge in [0.05, 0.1) is 6.54 Å². The molecule has 0 radical (unpaired) electrons. The van der Waals surface area contributed by atoms with E-state index in [9.17, 15) is 14.0 Å². The second-order valence-electron chi connectivity index (χ2n) is 5.98. The summed E-state index contributed by atoms with van der Waals surface area (Å²) in [6.45, 7) is 0.972. The number of anilines is 2. The molecule has 3 aromatic rings. The Morgan fingerprint density at radius 2 is 1.81 bits per heavy atom. The van der Waals surface area contributed by atoms with Crippen LogP contribution in [0.25, 0.3) is 0 Å². The molecule has 0 bridgehead atoms. The highest BCUT2D eigenvalue weighted by atomic mass is 35.5. The van der Waals surface area contributed by atoms with E-state index in [0.29, 0.717) is 29.7 Å². The molecule has 2 heterocycles. The first-order valence-electron chi connectivity index (χ1n) is 8.02. The van der Waals surface area contributed by atoms with E-state index in [4.69, 9.17) is 11.6 Å². The van der Waals surface area contributed by atoms with Crippen molar-refractivity contribution >= 4 is 23.2 Å². The fraction of sp³-hybridized carbons (Fsp3) is 0.167. The van der Waals surface area contributed by atoms with Gasteiger partial charge in [0, 0.05) is 23.8 Å². The van der Waals surface area contributed by atoms with Gasteiger partial charge in [-0.15, -0.1) is 5.10 Å². The number of fused-ring (bicyclic) bond motifs is 1. The van der Waals surface area contributed by atoms with Crippen molar-refractivity contribution < 1.29 is 4.39 Å². The largest absolute Gasteiger partial charge is 0.333 e. The summed E-state index contributed by atoms with van der Waals surface area (Å²) in [5.41, 5.74) is 0.164. The molecule has 0 spiro atoms. The number of benzene rings is 2. The lowest BCUT2D eigenvalue weighted by Crippen LogP contribution is -2.42. The van der Waals surface area contributed by atoms with Gasteiger partial charge in [-0.1, -0.05) is 23.7 Å². The van der Waals surface area contributed by atoms with Crippen LogP contribution in [0.3, 0.4) is 0 Å². The Morgan fingerprint density at radius 3 is 2.54 bits per heavy atom. The van der Waals surface area contributed by atoms with E-state index in [2.05, 4.69) is 5.10 Å². The van der Waals surface area contributed by atoms with Crippen molar-refractivity contribution in [1.82, 2.24) is 14.3 Å². The zero-order valence-electron chi connectivity index (χ0n) is 13.6. The fourth-order valence-electron chi connectivity index (χ4n) is 3.01. The molecule has 0 unspecified atom stereocenters. The number of hydrogen-bond acceptors (Lipinski definition) is 4. The lowest BCUT2D eigenvalue weighted by atomic mass is 10.2. The van der Waals surface area contributed by atoms with Gasteiger partial charge in [0.25, 0.3) is 0 Å². The van der Waals surface area contributed by atoms with Crippen molar-refractivity contribution in [3.63, 3.8) is 0 Å². The minimum Gasteiger partial charge on any atom is -0.309 e. The van der Waals surface area contributed by atoms with Crippen molar-refractivity contribution in [3.05, 3.63) is 85.6 Å². The molecule has 8 heteroatoms. The van der Waals surface area contributed by atoms with Crippen molar-refractivity contribution in [1.29, 1.82) is 0 Å². The normalized spacial score (nSPS) is 13.1. The van der Waals surface area contributed by atoms with Gasteiger partial charge in [-0.25, -0.2) is 9.07 Å². The summed E-state index contributed by atoms with van der Waals surface area (Å²) in [5.74, 6) is 0.0208. The Kier molecular flexibility index (Phi) is 4.08. The summed E-state index contributed by atoms with van der Waals surface area (Å²) in [4.78, 5) is 26.6. The Hall–Kier alpha value is -2.93. The van der Waals surface area contributed by atoms with Crippen molar-refractivity contribution in [2.45, 2.75) is 13.1 Å². The summed E-state index contributed by atoms with van der Waals surface area (Å²) in [5, 5.41) is 4.92. The van der Waals surface area contributed by atoms with Crippen LogP contribution in [0.15, 0.2) is 58.1 Å². The van der Waals surface area contributed by atoms with Crippen LogP contribution in [-0.2, 0) is 13.1 Å². The second-order valence-corrected chi connectivity index (χ2v) is 6.41. The highest BCUT2D eigenvalue weighted by molar-refractivity contribution is 6.30. The van der Waals surface area contributed by atoms with Gasteiger partial charge in [0.2, 0.25) is 5.95 Å². The van der Waals surface area contributed by atoms with E-state index in [1.54, 1.807) is 35.2 Å². The Balaban J connectivity index is 1.78. The zero-order valence-corrected chi connectivity index (χ0v) is 14.4. The van der Waals surface area contributed by atoms with E-state index in [1.807, 2.05) is 6.07 Å². The lowest BCUT2D eigenvalue weighted by Gasteiger charge is -2.18. The number of halogens is 2. The van der Waals surface area contributed by atoms with Crippen LogP contribution in [0.4, 0.5) is 16.0 Å². The first kappa shape index (κ1) is 16.5. The minimum absolute atomic E-state index is 0.139. The van der Waals surface area contributed by atoms with Crippen molar-refractivity contribution in [2.75, 3.05) is 11.4 Å². The summed E-state index contributed by atoms with van der Waals surface area (Å²) in [6, 6.07) is 13.0. The Bertz CT molecular complexity index is 1090. The number of aromatic nitrogens is 3. The molecule has 6 nitrogen and oxygen atoms in total. The Labute approximate surface area is 152 Å². The highest BCUT2D eigenvalue weighted by Gasteiger charge is 2.25. The molecule has 0 aliphatic carbocycles. The van der Waals surface area contributed by atoms with E-state index in [-0.39, 0.29) is 12.4 Å². The monoisotopic (exact) mass is 372 g/mol. The summed E-state index contributed by atoms with van der Waals surface area (Å²) < 4.78 is 15.7. The van der Waals surface area contributed by atoms with Gasteiger partial charge < -0.3 is 4.90 Å². The molecule has 0 saturated heterocycles. The second kappa shape index (κ2) is 6.42. The van der Waals surface area contributed by atoms with Crippen molar-refractivity contribution in [3.8, 4) is 0 Å². The highest BCUT2D eigenvalue weighted by Crippen LogP contribution is 2.26. The van der Waals surface area contributed by atoms with Gasteiger partial charge in [-0.3, -0.25) is 14.2 Å². The number of hydrogen-bond donors (Lipinski definition) is 0. The average Bonchev–Trinajstić information content (AvgIpc) is 3.04. The summed E-state index contributed by atoms with van der Waals surface area (Å²) in [7, 11) is 0. The molecule has 4 rings (SSSR count). The van der Waals surface area contributed by atoms with E-state index < -0.39 is 11.1 Å². The third-order valence-corrected chi connectivity index (χ3v) is 4.50. The van der Waals surface area contributed by atoms with Gasteiger partial charge in [0.15, 0.2) is 0 Å². The fourth-order valence-corrected chi connectivity index (χ4v) is 3.22. The quantitative estimate of drug-likeness (QED) is 0.662. The molecule has 0 fully saturated rings. The van der Waals surface area contributed by atoms with Gasteiger partial charge >= 0.3 is 11.1 Å². The molecule has 0 saturated carbocycles. The van der Waals surface area contributed by atoms with Crippen LogP contribution in [0.1, 0.15) is 5.56 Å². The minimum atomic E-state index is -0.685. The molecule has 0 atom stereocenters. The first-order valence-corrected chi connectivity index (χ1v) is 8.40. The predicted octanol–water partition coefficient (Wildman–Crippen LogP) is 2.40. The van der Waals surface area contributed by atoms with E-state index >= 15 is 0 Å². The lowest BCUT2D eigenvalue weighted by molar-refractivity contribution is 0.591. The van der Waals surface area contributed by atoms with Crippen LogP contribution < -0.4 is 16.0 Å². The molecule has 1 aliphatic rings. The molecular weight excluding hydrogens is 359 g/mol. The molecule has 0 amide bonds. The summed E-state index contributed by atoms with van der Waals surface area (Å²) in [6.07, 6.45) is 0. The third kappa shape index (κ3) is 2.90. The van der Waals surface area contributed by atoms with E-state index in [1.165, 1.54) is 16.7 Å². The molecule has 1 aromatic heterocycles. The topological polar surface area (TPSA) is 60.1 Å². The maximum Gasteiger partial charge on any atom is 0.333 e. The van der Waals surface area contributed by atoms with Gasteiger partial charge in [0.1, 0.15) is 5.82 Å². The average molecular weight is 373 g/mol. The molecular formula is C18H14ClFN4O2. The summed E-state index contributed by atoms with van der Waals surface area (Å²) >= 11 is 5.98. The SMILES string of the molecule is O=c1c(=O)n2c(nn1Cc1cccc(Cl)c1)N(c1ccc(F)cc1)CC2. The van der Waals surface area contributed by atoms with E-state index in [0.717, 1.165) is 10.2 Å². The zero-order chi connectivity index (χ0) is 18.3. The van der Waals surface area contributed by atoms with Crippen LogP contribution in [-0.4, -0.2) is 20.9 Å². The first-order chi connectivity index (χ1) is 12.5.